The standard InChI is InChI=1S/C23H25N5O2/c29-23(17-5-9-30-10-6-17)28-7-3-16(4-8-28)21-2-1-18-11-19(14-26-22(18)27-21)20-12-24-15-25-13-20/h1-2,11-17H,3-10H2. The Kier molecular flexibility index (Phi) is 5.36. The molecule has 0 atom stereocenters. The zero-order valence-electron chi connectivity index (χ0n) is 16.9. The molecule has 0 saturated carbocycles. The maximum absolute atomic E-state index is 12.8. The summed E-state index contributed by atoms with van der Waals surface area (Å²) < 4.78 is 5.39. The predicted octanol–water partition coefficient (Wildman–Crippen LogP) is 3.22. The molecule has 2 saturated heterocycles. The third-order valence-electron chi connectivity index (χ3n) is 6.25. The van der Waals surface area contributed by atoms with Gasteiger partial charge in [0.25, 0.3) is 0 Å². The van der Waals surface area contributed by atoms with Crippen LogP contribution in [-0.2, 0) is 9.53 Å². The van der Waals surface area contributed by atoms with Gasteiger partial charge < -0.3 is 9.64 Å². The molecule has 1 amide bonds. The van der Waals surface area contributed by atoms with Crippen molar-refractivity contribution in [2.75, 3.05) is 26.3 Å². The number of likely N-dealkylation sites (tertiary alicyclic amines) is 1. The second-order valence-corrected chi connectivity index (χ2v) is 8.12. The number of aromatic nitrogens is 4. The highest BCUT2D eigenvalue weighted by atomic mass is 16.5. The van der Waals surface area contributed by atoms with Crippen LogP contribution in [0.1, 0.15) is 37.3 Å². The molecule has 0 N–H and O–H groups in total. The summed E-state index contributed by atoms with van der Waals surface area (Å²) >= 11 is 0. The molecule has 3 aromatic rings. The number of piperidine rings is 1. The van der Waals surface area contributed by atoms with E-state index in [2.05, 4.69) is 33.2 Å². The fourth-order valence-corrected chi connectivity index (χ4v) is 4.46. The van der Waals surface area contributed by atoms with Gasteiger partial charge in [-0.1, -0.05) is 0 Å². The smallest absolute Gasteiger partial charge is 0.225 e. The first-order valence-electron chi connectivity index (χ1n) is 10.7. The lowest BCUT2D eigenvalue weighted by Crippen LogP contribution is -2.42. The number of carbonyl (C=O) groups is 1. The molecule has 0 aromatic carbocycles. The molecule has 7 heteroatoms. The largest absolute Gasteiger partial charge is 0.381 e. The van der Waals surface area contributed by atoms with Crippen molar-refractivity contribution < 1.29 is 9.53 Å². The Balaban J connectivity index is 1.27. The number of carbonyl (C=O) groups excluding carboxylic acids is 1. The molecular formula is C23H25N5O2. The molecule has 154 valence electrons. The van der Waals surface area contributed by atoms with Gasteiger partial charge in [-0.2, -0.15) is 0 Å². The minimum absolute atomic E-state index is 0.141. The molecule has 3 aromatic heterocycles. The molecule has 5 heterocycles. The summed E-state index contributed by atoms with van der Waals surface area (Å²) in [7, 11) is 0. The van der Waals surface area contributed by atoms with Crippen molar-refractivity contribution in [2.24, 2.45) is 5.92 Å². The van der Waals surface area contributed by atoms with Crippen molar-refractivity contribution in [1.29, 1.82) is 0 Å². The number of hydrogen-bond donors (Lipinski definition) is 0. The molecule has 0 unspecified atom stereocenters. The summed E-state index contributed by atoms with van der Waals surface area (Å²) in [5.74, 6) is 0.821. The van der Waals surface area contributed by atoms with Crippen molar-refractivity contribution in [1.82, 2.24) is 24.8 Å². The van der Waals surface area contributed by atoms with Crippen molar-refractivity contribution in [3.05, 3.63) is 48.8 Å². The van der Waals surface area contributed by atoms with Gasteiger partial charge in [0.15, 0.2) is 5.65 Å². The number of rotatable bonds is 3. The SMILES string of the molecule is O=C(C1CCOCC1)N1CCC(c2ccc3cc(-c4cncnc4)cnc3n2)CC1. The molecule has 0 aliphatic carbocycles. The Hall–Kier alpha value is -2.93. The first kappa shape index (κ1) is 19.1. The van der Waals surface area contributed by atoms with E-state index in [1.807, 2.05) is 11.1 Å². The van der Waals surface area contributed by atoms with Gasteiger partial charge in [0.05, 0.1) is 0 Å². The van der Waals surface area contributed by atoms with Crippen LogP contribution < -0.4 is 0 Å². The number of nitrogens with zero attached hydrogens (tertiary/aromatic N) is 5. The Morgan fingerprint density at radius 2 is 1.73 bits per heavy atom. The number of amides is 1. The molecule has 0 bridgehead atoms. The lowest BCUT2D eigenvalue weighted by molar-refractivity contribution is -0.139. The van der Waals surface area contributed by atoms with E-state index in [4.69, 9.17) is 9.72 Å². The fraction of sp³-hybridized carbons (Fsp3) is 0.435. The van der Waals surface area contributed by atoms with Gasteiger partial charge in [0.1, 0.15) is 6.33 Å². The highest BCUT2D eigenvalue weighted by Crippen LogP contribution is 2.30. The van der Waals surface area contributed by atoms with Crippen LogP contribution in [0.5, 0.6) is 0 Å². The van der Waals surface area contributed by atoms with E-state index in [0.717, 1.165) is 66.6 Å². The second-order valence-electron chi connectivity index (χ2n) is 8.12. The van der Waals surface area contributed by atoms with Crippen LogP contribution in [0.15, 0.2) is 43.1 Å². The highest BCUT2D eigenvalue weighted by Gasteiger charge is 2.30. The highest BCUT2D eigenvalue weighted by molar-refractivity contribution is 5.81. The Morgan fingerprint density at radius 1 is 0.967 bits per heavy atom. The number of pyridine rings is 2. The first-order chi connectivity index (χ1) is 14.8. The molecule has 7 nitrogen and oxygen atoms in total. The number of ether oxygens (including phenoxy) is 1. The molecule has 2 fully saturated rings. The zero-order valence-corrected chi connectivity index (χ0v) is 16.9. The van der Waals surface area contributed by atoms with E-state index in [1.54, 1.807) is 12.4 Å². The third kappa shape index (κ3) is 3.89. The van der Waals surface area contributed by atoms with Crippen LogP contribution in [0.4, 0.5) is 0 Å². The van der Waals surface area contributed by atoms with E-state index in [0.29, 0.717) is 25.0 Å². The average molecular weight is 403 g/mol. The van der Waals surface area contributed by atoms with E-state index >= 15 is 0 Å². The van der Waals surface area contributed by atoms with Gasteiger partial charge in [0, 0.05) is 78.9 Å². The van der Waals surface area contributed by atoms with Crippen LogP contribution in [0, 0.1) is 5.92 Å². The minimum atomic E-state index is 0.141. The van der Waals surface area contributed by atoms with Crippen LogP contribution >= 0.6 is 0 Å². The Bertz CT molecular complexity index is 1030. The van der Waals surface area contributed by atoms with Crippen LogP contribution in [0.2, 0.25) is 0 Å². The number of fused-ring (bicyclic) bond motifs is 1. The van der Waals surface area contributed by atoms with Crippen molar-refractivity contribution >= 4 is 16.9 Å². The summed E-state index contributed by atoms with van der Waals surface area (Å²) in [5.41, 5.74) is 3.76. The van der Waals surface area contributed by atoms with E-state index in [-0.39, 0.29) is 5.92 Å². The molecule has 0 spiro atoms. The molecule has 2 aliphatic heterocycles. The minimum Gasteiger partial charge on any atom is -0.381 e. The fourth-order valence-electron chi connectivity index (χ4n) is 4.46. The van der Waals surface area contributed by atoms with Gasteiger partial charge in [-0.05, 0) is 43.9 Å². The summed E-state index contributed by atoms with van der Waals surface area (Å²) in [5, 5.41) is 1.01. The first-order valence-corrected chi connectivity index (χ1v) is 10.7. The molecule has 30 heavy (non-hydrogen) atoms. The summed E-state index contributed by atoms with van der Waals surface area (Å²) in [6.45, 7) is 3.03. The predicted molar refractivity (Wildman–Crippen MR) is 113 cm³/mol. The second kappa shape index (κ2) is 8.44. The monoisotopic (exact) mass is 403 g/mol. The van der Waals surface area contributed by atoms with Crippen LogP contribution in [0.25, 0.3) is 22.2 Å². The van der Waals surface area contributed by atoms with Gasteiger partial charge in [-0.15, -0.1) is 0 Å². The van der Waals surface area contributed by atoms with Crippen LogP contribution in [-0.4, -0.2) is 57.0 Å². The van der Waals surface area contributed by atoms with Crippen molar-refractivity contribution in [3.8, 4) is 11.1 Å². The van der Waals surface area contributed by atoms with Gasteiger partial charge >= 0.3 is 0 Å². The van der Waals surface area contributed by atoms with Gasteiger partial charge in [-0.3, -0.25) is 4.79 Å². The van der Waals surface area contributed by atoms with Crippen LogP contribution in [0.3, 0.4) is 0 Å². The van der Waals surface area contributed by atoms with E-state index < -0.39 is 0 Å². The lowest BCUT2D eigenvalue weighted by atomic mass is 9.91. The van der Waals surface area contributed by atoms with Crippen molar-refractivity contribution in [3.63, 3.8) is 0 Å². The normalized spacial score (nSPS) is 18.6. The zero-order chi connectivity index (χ0) is 20.3. The summed E-state index contributed by atoms with van der Waals surface area (Å²) in [4.78, 5) is 32.4. The quantitative estimate of drug-likeness (QED) is 0.668. The van der Waals surface area contributed by atoms with E-state index in [1.165, 1.54) is 6.33 Å². The topological polar surface area (TPSA) is 81.1 Å². The maximum Gasteiger partial charge on any atom is 0.225 e. The van der Waals surface area contributed by atoms with Gasteiger partial charge in [0.2, 0.25) is 5.91 Å². The summed E-state index contributed by atoms with van der Waals surface area (Å²) in [6, 6.07) is 6.28. The molecule has 0 radical (unpaired) electrons. The third-order valence-corrected chi connectivity index (χ3v) is 6.25. The van der Waals surface area contributed by atoms with Gasteiger partial charge in [-0.25, -0.2) is 19.9 Å². The molecule has 2 aliphatic rings. The molecule has 5 rings (SSSR count). The Morgan fingerprint density at radius 3 is 2.50 bits per heavy atom. The lowest BCUT2D eigenvalue weighted by Gasteiger charge is -2.35. The summed E-state index contributed by atoms with van der Waals surface area (Å²) in [6.07, 6.45) is 10.5. The number of hydrogen-bond acceptors (Lipinski definition) is 6. The Labute approximate surface area is 175 Å². The van der Waals surface area contributed by atoms with Crippen molar-refractivity contribution in [2.45, 2.75) is 31.6 Å². The molecular weight excluding hydrogens is 378 g/mol. The van der Waals surface area contributed by atoms with E-state index in [9.17, 15) is 4.79 Å². The maximum atomic E-state index is 12.8. The average Bonchev–Trinajstić information content (AvgIpc) is 2.84.